The molecular formula is C14H13FN2O5S. The van der Waals surface area contributed by atoms with Crippen LogP contribution in [0.15, 0.2) is 18.2 Å². The first-order valence-electron chi connectivity index (χ1n) is 6.39. The van der Waals surface area contributed by atoms with Gasteiger partial charge >= 0.3 is 12.0 Å². The van der Waals surface area contributed by atoms with Gasteiger partial charge in [-0.25, -0.2) is 14.0 Å². The van der Waals surface area contributed by atoms with Gasteiger partial charge in [0.15, 0.2) is 6.61 Å². The minimum atomic E-state index is -1.05. The maximum atomic E-state index is 14.0. The topological polar surface area (TPSA) is 108 Å². The van der Waals surface area contributed by atoms with E-state index in [1.54, 1.807) is 11.4 Å². The lowest BCUT2D eigenvalue weighted by Crippen LogP contribution is -2.37. The molecule has 0 saturated carbocycles. The number of esters is 1. The van der Waals surface area contributed by atoms with Crippen LogP contribution >= 0.6 is 11.3 Å². The number of carbonyl (C=O) groups excluding carboxylic acids is 3. The zero-order valence-corrected chi connectivity index (χ0v) is 12.9. The molecular weight excluding hydrogens is 327 g/mol. The van der Waals surface area contributed by atoms with Crippen molar-refractivity contribution in [1.29, 1.82) is 0 Å². The van der Waals surface area contributed by atoms with Gasteiger partial charge in [-0.15, -0.1) is 11.3 Å². The summed E-state index contributed by atoms with van der Waals surface area (Å²) in [5, 5.41) is 2.05. The normalized spacial score (nSPS) is 10.5. The minimum absolute atomic E-state index is 0.0127. The summed E-state index contributed by atoms with van der Waals surface area (Å²) in [6, 6.07) is 3.43. The number of halogens is 1. The number of thiophene rings is 1. The number of rotatable bonds is 5. The van der Waals surface area contributed by atoms with Crippen molar-refractivity contribution >= 4 is 39.3 Å². The molecule has 1 aromatic carbocycles. The van der Waals surface area contributed by atoms with Gasteiger partial charge in [0.25, 0.3) is 5.91 Å². The molecule has 0 radical (unpaired) electrons. The van der Waals surface area contributed by atoms with E-state index in [0.717, 1.165) is 11.3 Å². The number of hydrogen-bond donors (Lipinski definition) is 2. The molecule has 0 aliphatic heterocycles. The number of benzene rings is 1. The summed E-state index contributed by atoms with van der Waals surface area (Å²) in [5.74, 6) is -2.14. The van der Waals surface area contributed by atoms with E-state index in [-0.39, 0.29) is 16.9 Å². The zero-order valence-electron chi connectivity index (χ0n) is 12.1. The summed E-state index contributed by atoms with van der Waals surface area (Å²) >= 11 is 1.03. The van der Waals surface area contributed by atoms with E-state index in [2.05, 4.69) is 0 Å². The van der Waals surface area contributed by atoms with E-state index in [1.807, 2.05) is 0 Å². The predicted molar refractivity (Wildman–Crippen MR) is 80.5 cm³/mol. The summed E-state index contributed by atoms with van der Waals surface area (Å²) < 4.78 is 24.4. The van der Waals surface area contributed by atoms with Crippen molar-refractivity contribution in [2.75, 3.05) is 13.7 Å². The molecule has 9 heteroatoms. The van der Waals surface area contributed by atoms with Gasteiger partial charge in [-0.3, -0.25) is 10.1 Å². The second-order valence-corrected chi connectivity index (χ2v) is 5.50. The summed E-state index contributed by atoms with van der Waals surface area (Å²) in [4.78, 5) is 34.0. The van der Waals surface area contributed by atoms with Gasteiger partial charge in [0.2, 0.25) is 0 Å². The fourth-order valence-corrected chi connectivity index (χ4v) is 3.10. The molecule has 23 heavy (non-hydrogen) atoms. The highest BCUT2D eigenvalue weighted by molar-refractivity contribution is 7.21. The Morgan fingerprint density at radius 3 is 2.74 bits per heavy atom. The summed E-state index contributed by atoms with van der Waals surface area (Å²) in [5.41, 5.74) is 5.13. The lowest BCUT2D eigenvalue weighted by Gasteiger charge is -2.05. The smallest absolute Gasteiger partial charge is 0.349 e. The van der Waals surface area contributed by atoms with Crippen molar-refractivity contribution in [3.05, 3.63) is 34.5 Å². The molecule has 2 rings (SSSR count). The monoisotopic (exact) mass is 340 g/mol. The molecule has 0 saturated heterocycles. The highest BCUT2D eigenvalue weighted by Gasteiger charge is 2.22. The van der Waals surface area contributed by atoms with Crippen molar-refractivity contribution in [2.45, 2.75) is 6.61 Å². The van der Waals surface area contributed by atoms with Crippen LogP contribution in [0.25, 0.3) is 10.1 Å². The van der Waals surface area contributed by atoms with Crippen LogP contribution in [0.2, 0.25) is 0 Å². The van der Waals surface area contributed by atoms with Crippen LogP contribution in [-0.4, -0.2) is 31.6 Å². The first kappa shape index (κ1) is 16.8. The van der Waals surface area contributed by atoms with Gasteiger partial charge in [0.1, 0.15) is 10.7 Å². The van der Waals surface area contributed by atoms with Crippen LogP contribution < -0.4 is 11.1 Å². The molecule has 122 valence electrons. The Kier molecular flexibility index (Phi) is 5.24. The average molecular weight is 340 g/mol. The van der Waals surface area contributed by atoms with Crippen LogP contribution in [0.5, 0.6) is 0 Å². The Morgan fingerprint density at radius 1 is 1.35 bits per heavy atom. The number of ether oxygens (including phenoxy) is 2. The van der Waals surface area contributed by atoms with Crippen LogP contribution in [0, 0.1) is 5.82 Å². The van der Waals surface area contributed by atoms with E-state index >= 15 is 0 Å². The van der Waals surface area contributed by atoms with Crippen molar-refractivity contribution in [1.82, 2.24) is 5.32 Å². The number of hydrogen-bond acceptors (Lipinski definition) is 6. The molecule has 3 amide bonds. The summed E-state index contributed by atoms with van der Waals surface area (Å²) in [7, 11) is 1.42. The van der Waals surface area contributed by atoms with Crippen molar-refractivity contribution < 1.29 is 28.2 Å². The Bertz CT molecular complexity index is 774. The van der Waals surface area contributed by atoms with Crippen molar-refractivity contribution in [3.8, 4) is 0 Å². The number of urea groups is 1. The third-order valence-electron chi connectivity index (χ3n) is 2.83. The lowest BCUT2D eigenvalue weighted by molar-refractivity contribution is -0.123. The van der Waals surface area contributed by atoms with Crippen LogP contribution in [0.1, 0.15) is 15.2 Å². The van der Waals surface area contributed by atoms with Crippen LogP contribution in [-0.2, 0) is 20.9 Å². The van der Waals surface area contributed by atoms with Gasteiger partial charge in [-0.1, -0.05) is 6.07 Å². The molecule has 0 aliphatic rings. The fraction of sp³-hybridized carbons (Fsp3) is 0.214. The third kappa shape index (κ3) is 3.82. The molecule has 0 aliphatic carbocycles. The fourth-order valence-electron chi connectivity index (χ4n) is 1.98. The molecule has 0 spiro atoms. The molecule has 2 aromatic rings. The van der Waals surface area contributed by atoms with E-state index in [4.69, 9.17) is 15.2 Å². The first-order valence-corrected chi connectivity index (χ1v) is 7.21. The second-order valence-electron chi connectivity index (χ2n) is 4.44. The molecule has 0 fully saturated rings. The van der Waals surface area contributed by atoms with Crippen molar-refractivity contribution in [3.63, 3.8) is 0 Å². The molecule has 1 aromatic heterocycles. The summed E-state index contributed by atoms with van der Waals surface area (Å²) in [6.07, 6.45) is 0. The highest BCUT2D eigenvalue weighted by Crippen LogP contribution is 2.34. The second kappa shape index (κ2) is 7.16. The number of fused-ring (bicyclic) bond motifs is 1. The maximum absolute atomic E-state index is 14.0. The lowest BCUT2D eigenvalue weighted by atomic mass is 10.1. The first-order chi connectivity index (χ1) is 10.9. The number of amides is 3. The van der Waals surface area contributed by atoms with Crippen molar-refractivity contribution in [2.24, 2.45) is 5.73 Å². The molecule has 0 atom stereocenters. The minimum Gasteiger partial charge on any atom is -0.451 e. The number of primary amides is 1. The number of methoxy groups -OCH3 is 1. The van der Waals surface area contributed by atoms with Gasteiger partial charge in [0.05, 0.1) is 6.61 Å². The van der Waals surface area contributed by atoms with Crippen LogP contribution in [0.3, 0.4) is 0 Å². The van der Waals surface area contributed by atoms with E-state index in [9.17, 15) is 18.8 Å². The molecule has 0 unspecified atom stereocenters. The van der Waals surface area contributed by atoms with E-state index in [0.29, 0.717) is 10.3 Å². The molecule has 1 heterocycles. The largest absolute Gasteiger partial charge is 0.451 e. The van der Waals surface area contributed by atoms with Gasteiger partial charge in [-0.05, 0) is 12.1 Å². The third-order valence-corrected chi connectivity index (χ3v) is 4.01. The van der Waals surface area contributed by atoms with Crippen LogP contribution in [0.4, 0.5) is 9.18 Å². The summed E-state index contributed by atoms with van der Waals surface area (Å²) in [6.45, 7) is -0.663. The molecule has 7 nitrogen and oxygen atoms in total. The SMILES string of the molecule is COCc1c(C(=O)OCC(=O)NC(N)=O)sc2cccc(F)c12. The standard InChI is InChI=1S/C14H13FN2O5S/c1-21-5-7-11-8(15)3-2-4-9(11)23-12(7)13(19)22-6-10(18)17-14(16)20/h2-4H,5-6H2,1H3,(H3,16,17,18,20). The Hall–Kier alpha value is -2.52. The Balaban J connectivity index is 2.26. The zero-order chi connectivity index (χ0) is 17.0. The highest BCUT2D eigenvalue weighted by atomic mass is 32.1. The van der Waals surface area contributed by atoms with Gasteiger partial charge < -0.3 is 15.2 Å². The molecule has 0 bridgehead atoms. The number of imide groups is 1. The maximum Gasteiger partial charge on any atom is 0.349 e. The number of nitrogens with one attached hydrogen (secondary N) is 1. The number of carbonyl (C=O) groups is 3. The Labute approximate surface area is 134 Å². The van der Waals surface area contributed by atoms with E-state index < -0.39 is 30.3 Å². The average Bonchev–Trinajstić information content (AvgIpc) is 2.85. The number of nitrogens with two attached hydrogens (primary N) is 1. The quantitative estimate of drug-likeness (QED) is 0.803. The van der Waals surface area contributed by atoms with Gasteiger partial charge in [0, 0.05) is 22.8 Å². The predicted octanol–water partition coefficient (Wildman–Crippen LogP) is 1.54. The van der Waals surface area contributed by atoms with E-state index in [1.165, 1.54) is 19.2 Å². The Morgan fingerprint density at radius 2 is 2.09 bits per heavy atom. The van der Waals surface area contributed by atoms with Gasteiger partial charge in [-0.2, -0.15) is 0 Å². The molecule has 3 N–H and O–H groups in total.